The van der Waals surface area contributed by atoms with E-state index in [1.807, 2.05) is 0 Å². The monoisotopic (exact) mass is 424 g/mol. The molecule has 2 heterocycles. The molecule has 1 amide bonds. The van der Waals surface area contributed by atoms with Gasteiger partial charge in [-0.1, -0.05) is 48.1 Å². The van der Waals surface area contributed by atoms with Crippen molar-refractivity contribution in [1.82, 2.24) is 10.2 Å². The largest absolute Gasteiger partial charge is 0.333 e. The number of benzene rings is 1. The highest BCUT2D eigenvalue weighted by Gasteiger charge is 2.43. The average molecular weight is 425 g/mol. The summed E-state index contributed by atoms with van der Waals surface area (Å²) < 4.78 is 0. The first-order chi connectivity index (χ1) is 14.6. The third-order valence-electron chi connectivity index (χ3n) is 6.54. The summed E-state index contributed by atoms with van der Waals surface area (Å²) in [6, 6.07) is 7.48. The van der Waals surface area contributed by atoms with Crippen LogP contribution in [0.25, 0.3) is 6.08 Å². The van der Waals surface area contributed by atoms with E-state index in [9.17, 15) is 14.4 Å². The Morgan fingerprint density at radius 3 is 2.87 bits per heavy atom. The fourth-order valence-corrected chi connectivity index (χ4v) is 5.31. The second kappa shape index (κ2) is 9.31. The van der Waals surface area contributed by atoms with E-state index in [0.29, 0.717) is 30.8 Å². The molecule has 1 aliphatic carbocycles. The zero-order valence-electron chi connectivity index (χ0n) is 17.1. The van der Waals surface area contributed by atoms with Crippen molar-refractivity contribution in [3.63, 3.8) is 0 Å². The molecule has 6 heteroatoms. The molecule has 1 unspecified atom stereocenters. The first kappa shape index (κ1) is 21.1. The summed E-state index contributed by atoms with van der Waals surface area (Å²) in [6.45, 7) is 1.03. The number of carbonyl (C=O) groups is 3. The molecule has 5 nitrogen and oxygen atoms in total. The fourth-order valence-electron chi connectivity index (χ4n) is 4.96. The number of rotatable bonds is 8. The standard InChI is InChI=1S/C24H28N2O3S/c27-15-19-23(21(30)14-25-19)24(29)20-9-5-11-26(20)22(28)10-4-1-6-16-12-17-7-2-3-8-18(17)13-16/h2-3,7-8,12,15,19-20,23,25H,1,4-6,9-11,13-14H2/t19-,20+,23?/m1/s1. The van der Waals surface area contributed by atoms with Crippen molar-refractivity contribution in [1.29, 1.82) is 0 Å². The molecule has 2 fully saturated rings. The molecule has 0 saturated carbocycles. The van der Waals surface area contributed by atoms with Gasteiger partial charge < -0.3 is 15.0 Å². The van der Waals surface area contributed by atoms with Crippen molar-refractivity contribution < 1.29 is 14.4 Å². The summed E-state index contributed by atoms with van der Waals surface area (Å²) >= 11 is 5.31. The molecule has 0 spiro atoms. The van der Waals surface area contributed by atoms with E-state index in [1.165, 1.54) is 16.7 Å². The lowest BCUT2D eigenvalue weighted by atomic mass is 9.90. The van der Waals surface area contributed by atoms with E-state index in [4.69, 9.17) is 12.2 Å². The molecule has 3 aliphatic rings. The van der Waals surface area contributed by atoms with E-state index in [0.717, 1.165) is 38.4 Å². The number of ketones is 1. The number of carbonyl (C=O) groups excluding carboxylic acids is 3. The molecule has 158 valence electrons. The molecule has 2 saturated heterocycles. The number of hydrogen-bond donors (Lipinski definition) is 1. The molecular weight excluding hydrogens is 396 g/mol. The maximum absolute atomic E-state index is 13.1. The summed E-state index contributed by atoms with van der Waals surface area (Å²) in [7, 11) is 0. The lowest BCUT2D eigenvalue weighted by Crippen LogP contribution is -2.47. The Balaban J connectivity index is 1.26. The van der Waals surface area contributed by atoms with E-state index in [1.54, 1.807) is 4.90 Å². The number of fused-ring (bicyclic) bond motifs is 1. The lowest BCUT2D eigenvalue weighted by molar-refractivity contribution is -0.138. The van der Waals surface area contributed by atoms with Crippen molar-refractivity contribution in [3.05, 3.63) is 41.0 Å². The molecule has 3 atom stereocenters. The highest BCUT2D eigenvalue weighted by Crippen LogP contribution is 2.29. The number of hydrogen-bond acceptors (Lipinski definition) is 5. The average Bonchev–Trinajstić information content (AvgIpc) is 3.47. The Labute approximate surface area is 182 Å². The van der Waals surface area contributed by atoms with Crippen LogP contribution in [0.5, 0.6) is 0 Å². The summed E-state index contributed by atoms with van der Waals surface area (Å²) in [4.78, 5) is 39.5. The molecule has 0 aromatic heterocycles. The van der Waals surface area contributed by atoms with Crippen LogP contribution in [0, 0.1) is 5.92 Å². The molecule has 1 N–H and O–H groups in total. The first-order valence-electron chi connectivity index (χ1n) is 10.9. The number of Topliss-reactive ketones (excluding diaryl/α,β-unsaturated/α-hetero) is 1. The predicted octanol–water partition coefficient (Wildman–Crippen LogP) is 2.90. The third-order valence-corrected chi connectivity index (χ3v) is 6.94. The molecule has 1 aromatic rings. The molecule has 0 radical (unpaired) electrons. The van der Waals surface area contributed by atoms with Gasteiger partial charge in [-0.3, -0.25) is 9.59 Å². The Hall–Kier alpha value is -2.18. The summed E-state index contributed by atoms with van der Waals surface area (Å²) in [5, 5.41) is 2.99. The quantitative estimate of drug-likeness (QED) is 0.395. The summed E-state index contributed by atoms with van der Waals surface area (Å²) in [5.74, 6) is -0.595. The van der Waals surface area contributed by atoms with Gasteiger partial charge in [0.05, 0.1) is 18.0 Å². The van der Waals surface area contributed by atoms with Crippen molar-refractivity contribution in [3.8, 4) is 0 Å². The predicted molar refractivity (Wildman–Crippen MR) is 120 cm³/mol. The Morgan fingerprint density at radius 2 is 2.07 bits per heavy atom. The first-order valence-corrected chi connectivity index (χ1v) is 11.3. The van der Waals surface area contributed by atoms with Gasteiger partial charge in [0.15, 0.2) is 5.78 Å². The van der Waals surface area contributed by atoms with Gasteiger partial charge in [0.25, 0.3) is 0 Å². The maximum atomic E-state index is 13.1. The van der Waals surface area contributed by atoms with Gasteiger partial charge >= 0.3 is 0 Å². The Morgan fingerprint density at radius 1 is 1.23 bits per heavy atom. The van der Waals surface area contributed by atoms with Crippen molar-refractivity contribution in [2.45, 2.75) is 57.0 Å². The van der Waals surface area contributed by atoms with Gasteiger partial charge in [-0.05, 0) is 49.7 Å². The van der Waals surface area contributed by atoms with Crippen LogP contribution in [0.2, 0.25) is 0 Å². The van der Waals surface area contributed by atoms with Gasteiger partial charge in [-0.2, -0.15) is 0 Å². The minimum atomic E-state index is -0.577. The number of thiocarbonyl (C=S) groups is 1. The Kier molecular flexibility index (Phi) is 6.54. The molecule has 2 aliphatic heterocycles. The van der Waals surface area contributed by atoms with Gasteiger partial charge in [0.2, 0.25) is 5.91 Å². The van der Waals surface area contributed by atoms with Gasteiger partial charge in [-0.25, -0.2) is 0 Å². The molecular formula is C24H28N2O3S. The minimum absolute atomic E-state index is 0.0501. The van der Waals surface area contributed by atoms with Crippen LogP contribution in [-0.2, 0) is 20.8 Å². The van der Waals surface area contributed by atoms with E-state index in [-0.39, 0.29) is 11.7 Å². The second-order valence-corrected chi connectivity index (χ2v) is 9.04. The molecule has 0 bridgehead atoms. The highest BCUT2D eigenvalue weighted by atomic mass is 32.1. The number of allylic oxidation sites excluding steroid dienone is 1. The zero-order valence-corrected chi connectivity index (χ0v) is 18.0. The number of unbranched alkanes of at least 4 members (excludes halogenated alkanes) is 1. The third kappa shape index (κ3) is 4.30. The number of nitrogens with zero attached hydrogens (tertiary/aromatic N) is 1. The van der Waals surface area contributed by atoms with Crippen LogP contribution in [-0.4, -0.2) is 52.9 Å². The topological polar surface area (TPSA) is 66.5 Å². The van der Waals surface area contributed by atoms with E-state index < -0.39 is 18.0 Å². The van der Waals surface area contributed by atoms with Gasteiger partial charge in [-0.15, -0.1) is 0 Å². The van der Waals surface area contributed by atoms with Gasteiger partial charge in [0.1, 0.15) is 6.29 Å². The normalized spacial score (nSPS) is 25.3. The van der Waals surface area contributed by atoms with Crippen LogP contribution in [0.4, 0.5) is 0 Å². The maximum Gasteiger partial charge on any atom is 0.223 e. The fraction of sp³-hybridized carbons (Fsp3) is 0.500. The molecule has 30 heavy (non-hydrogen) atoms. The van der Waals surface area contributed by atoms with Crippen LogP contribution < -0.4 is 5.32 Å². The van der Waals surface area contributed by atoms with Crippen molar-refractivity contribution in [2.75, 3.05) is 13.1 Å². The number of amides is 1. The molecule has 1 aromatic carbocycles. The number of nitrogens with one attached hydrogen (secondary N) is 1. The van der Waals surface area contributed by atoms with Crippen LogP contribution in [0.15, 0.2) is 29.8 Å². The Bertz CT molecular complexity index is 894. The second-order valence-electron chi connectivity index (χ2n) is 8.52. The zero-order chi connectivity index (χ0) is 21.1. The van der Waals surface area contributed by atoms with Crippen molar-refractivity contribution >= 4 is 41.1 Å². The van der Waals surface area contributed by atoms with Crippen molar-refractivity contribution in [2.24, 2.45) is 5.92 Å². The summed E-state index contributed by atoms with van der Waals surface area (Å²) in [6.07, 6.45) is 8.81. The van der Waals surface area contributed by atoms with Crippen LogP contribution in [0.3, 0.4) is 0 Å². The molecule has 4 rings (SSSR count). The van der Waals surface area contributed by atoms with Gasteiger partial charge in [0, 0.05) is 24.4 Å². The number of likely N-dealkylation sites (tertiary alicyclic amines) is 1. The lowest BCUT2D eigenvalue weighted by Gasteiger charge is -2.27. The SMILES string of the molecule is O=C[C@H]1NCC(=S)C1C(=O)[C@@H]1CCCN1C(=O)CCCCC1=Cc2ccccc2C1. The smallest absolute Gasteiger partial charge is 0.223 e. The van der Waals surface area contributed by atoms with Crippen LogP contribution >= 0.6 is 12.2 Å². The summed E-state index contributed by atoms with van der Waals surface area (Å²) in [5.41, 5.74) is 4.13. The number of aldehydes is 1. The van der Waals surface area contributed by atoms with E-state index in [2.05, 4.69) is 35.7 Å². The minimum Gasteiger partial charge on any atom is -0.333 e. The highest BCUT2D eigenvalue weighted by molar-refractivity contribution is 7.80. The van der Waals surface area contributed by atoms with Crippen LogP contribution in [0.1, 0.15) is 49.7 Å². The van der Waals surface area contributed by atoms with E-state index >= 15 is 0 Å².